The highest BCUT2D eigenvalue weighted by molar-refractivity contribution is 5.94. The Kier molecular flexibility index (Phi) is 6.18. The Morgan fingerprint density at radius 1 is 1.10 bits per heavy atom. The third-order valence-electron chi connectivity index (χ3n) is 5.93. The predicted molar refractivity (Wildman–Crippen MR) is 122 cm³/mol. The number of hydrogen-bond donors (Lipinski definition) is 1. The lowest BCUT2D eigenvalue weighted by Crippen LogP contribution is -2.40. The van der Waals surface area contributed by atoms with E-state index in [9.17, 15) is 4.79 Å². The molecule has 0 spiro atoms. The van der Waals surface area contributed by atoms with Gasteiger partial charge in [-0.25, -0.2) is 0 Å². The number of aryl methyl sites for hydroxylation is 4. The molecule has 0 radical (unpaired) electrons. The number of anilines is 1. The molecule has 4 rings (SSSR count). The van der Waals surface area contributed by atoms with Crippen molar-refractivity contribution in [2.24, 2.45) is 5.92 Å². The Hall–Kier alpha value is -2.99. The number of nitrogens with one attached hydrogen (secondary N) is 1. The molecule has 1 fully saturated rings. The lowest BCUT2D eigenvalue weighted by atomic mass is 9.96. The molecule has 6 nitrogen and oxygen atoms in total. The molecule has 1 aromatic heterocycles. The van der Waals surface area contributed by atoms with Crippen molar-refractivity contribution >= 4 is 11.6 Å². The first kappa shape index (κ1) is 21.2. The summed E-state index contributed by atoms with van der Waals surface area (Å²) >= 11 is 0. The molecular formula is C25H30N4O2. The molecule has 1 unspecified atom stereocenters. The van der Waals surface area contributed by atoms with E-state index in [1.54, 1.807) is 0 Å². The molecular weight excluding hydrogens is 388 g/mol. The van der Waals surface area contributed by atoms with Crippen molar-refractivity contribution in [2.45, 2.75) is 47.1 Å². The maximum Gasteiger partial charge on any atom is 0.257 e. The number of amides is 1. The van der Waals surface area contributed by atoms with Crippen molar-refractivity contribution in [1.29, 1.82) is 0 Å². The van der Waals surface area contributed by atoms with Crippen LogP contribution in [0.5, 0.6) is 0 Å². The van der Waals surface area contributed by atoms with Gasteiger partial charge in [0.1, 0.15) is 0 Å². The van der Waals surface area contributed by atoms with Crippen molar-refractivity contribution < 1.29 is 9.32 Å². The first-order valence-electron chi connectivity index (χ1n) is 10.9. The van der Waals surface area contributed by atoms with Gasteiger partial charge in [0.25, 0.3) is 5.89 Å². The van der Waals surface area contributed by atoms with Gasteiger partial charge in [-0.1, -0.05) is 40.5 Å². The van der Waals surface area contributed by atoms with Gasteiger partial charge in [-0.2, -0.15) is 4.98 Å². The zero-order chi connectivity index (χ0) is 22.0. The summed E-state index contributed by atoms with van der Waals surface area (Å²) in [6.07, 6.45) is 1.87. The number of rotatable bonds is 5. The topological polar surface area (TPSA) is 71.3 Å². The molecule has 1 amide bonds. The fourth-order valence-corrected chi connectivity index (χ4v) is 4.35. The van der Waals surface area contributed by atoms with Gasteiger partial charge >= 0.3 is 0 Å². The van der Waals surface area contributed by atoms with E-state index < -0.39 is 0 Å². The number of carbonyl (C=O) groups excluding carboxylic acids is 1. The van der Waals surface area contributed by atoms with Crippen LogP contribution in [0.1, 0.15) is 40.9 Å². The number of benzene rings is 2. The molecule has 2 aromatic carbocycles. The van der Waals surface area contributed by atoms with Crippen LogP contribution in [0.3, 0.4) is 0 Å². The molecule has 0 bridgehead atoms. The van der Waals surface area contributed by atoms with Gasteiger partial charge < -0.3 is 9.84 Å². The van der Waals surface area contributed by atoms with Crippen LogP contribution in [-0.4, -0.2) is 34.0 Å². The second-order valence-electron chi connectivity index (χ2n) is 8.72. The number of aromatic nitrogens is 2. The van der Waals surface area contributed by atoms with E-state index in [1.807, 2.05) is 45.0 Å². The Labute approximate surface area is 183 Å². The van der Waals surface area contributed by atoms with Crippen molar-refractivity contribution in [3.63, 3.8) is 0 Å². The third kappa shape index (κ3) is 5.02. The molecule has 31 heavy (non-hydrogen) atoms. The standard InChI is InChI=1S/C25H30N4O2/c1-16-7-9-20(10-8-16)25-26-22(28-31-25)15-29-11-5-6-21(14-29)24(30)27-23-18(3)12-17(2)13-19(23)4/h7-10,12-13,21H,5-6,11,14-15H2,1-4H3,(H,27,30). The Morgan fingerprint density at radius 3 is 2.52 bits per heavy atom. The smallest absolute Gasteiger partial charge is 0.257 e. The molecule has 6 heteroatoms. The summed E-state index contributed by atoms with van der Waals surface area (Å²) in [4.78, 5) is 19.8. The van der Waals surface area contributed by atoms with Gasteiger partial charge in [-0.3, -0.25) is 9.69 Å². The molecule has 1 atom stereocenters. The fraction of sp³-hybridized carbons (Fsp3) is 0.400. The maximum atomic E-state index is 13.0. The van der Waals surface area contributed by atoms with E-state index in [0.29, 0.717) is 24.8 Å². The quantitative estimate of drug-likeness (QED) is 0.643. The van der Waals surface area contributed by atoms with Crippen LogP contribution in [0.4, 0.5) is 5.69 Å². The minimum Gasteiger partial charge on any atom is -0.334 e. The monoisotopic (exact) mass is 418 g/mol. The molecule has 0 aliphatic carbocycles. The summed E-state index contributed by atoms with van der Waals surface area (Å²) in [7, 11) is 0. The van der Waals surface area contributed by atoms with Gasteiger partial charge in [0.15, 0.2) is 5.82 Å². The molecule has 1 N–H and O–H groups in total. The van der Waals surface area contributed by atoms with Crippen LogP contribution >= 0.6 is 0 Å². The van der Waals surface area contributed by atoms with Crippen LogP contribution in [-0.2, 0) is 11.3 Å². The number of carbonyl (C=O) groups is 1. The van der Waals surface area contributed by atoms with E-state index in [-0.39, 0.29) is 11.8 Å². The molecule has 1 aliphatic heterocycles. The van der Waals surface area contributed by atoms with Gasteiger partial charge in [0.05, 0.1) is 12.5 Å². The van der Waals surface area contributed by atoms with E-state index >= 15 is 0 Å². The van der Waals surface area contributed by atoms with Crippen LogP contribution in [0.15, 0.2) is 40.9 Å². The highest BCUT2D eigenvalue weighted by Gasteiger charge is 2.27. The van der Waals surface area contributed by atoms with Crippen molar-refractivity contribution in [3.05, 3.63) is 64.5 Å². The lowest BCUT2D eigenvalue weighted by Gasteiger charge is -2.31. The molecule has 0 saturated carbocycles. The highest BCUT2D eigenvalue weighted by Crippen LogP contribution is 2.25. The number of hydrogen-bond acceptors (Lipinski definition) is 5. The number of piperidine rings is 1. The molecule has 2 heterocycles. The average Bonchev–Trinajstić information content (AvgIpc) is 3.19. The minimum atomic E-state index is -0.0441. The van der Waals surface area contributed by atoms with Crippen LogP contribution < -0.4 is 5.32 Å². The molecule has 1 saturated heterocycles. The lowest BCUT2D eigenvalue weighted by molar-refractivity contribution is -0.121. The largest absolute Gasteiger partial charge is 0.334 e. The second-order valence-corrected chi connectivity index (χ2v) is 8.72. The van der Waals surface area contributed by atoms with Crippen molar-refractivity contribution in [1.82, 2.24) is 15.0 Å². The zero-order valence-corrected chi connectivity index (χ0v) is 18.7. The Bertz CT molecular complexity index is 1050. The highest BCUT2D eigenvalue weighted by atomic mass is 16.5. The summed E-state index contributed by atoms with van der Waals surface area (Å²) < 4.78 is 5.45. The van der Waals surface area contributed by atoms with E-state index in [1.165, 1.54) is 11.1 Å². The summed E-state index contributed by atoms with van der Waals surface area (Å²) in [5.41, 5.74) is 6.47. The van der Waals surface area contributed by atoms with Crippen LogP contribution in [0.25, 0.3) is 11.5 Å². The first-order chi connectivity index (χ1) is 14.9. The average molecular weight is 419 g/mol. The summed E-state index contributed by atoms with van der Waals surface area (Å²) in [6.45, 7) is 10.4. The Balaban J connectivity index is 1.39. The summed E-state index contributed by atoms with van der Waals surface area (Å²) in [6, 6.07) is 12.3. The SMILES string of the molecule is Cc1ccc(-c2nc(CN3CCCC(C(=O)Nc4c(C)cc(C)cc4C)C3)no2)cc1. The predicted octanol–water partition coefficient (Wildman–Crippen LogP) is 4.82. The van der Waals surface area contributed by atoms with Crippen LogP contribution in [0, 0.1) is 33.6 Å². The number of nitrogens with zero attached hydrogens (tertiary/aromatic N) is 3. The first-order valence-corrected chi connectivity index (χ1v) is 10.9. The molecule has 3 aromatic rings. The van der Waals surface area contributed by atoms with Crippen LogP contribution in [0.2, 0.25) is 0 Å². The minimum absolute atomic E-state index is 0.0441. The van der Waals surface area contributed by atoms with E-state index in [0.717, 1.165) is 41.8 Å². The normalized spacial score (nSPS) is 17.0. The van der Waals surface area contributed by atoms with Gasteiger partial charge in [0.2, 0.25) is 5.91 Å². The summed E-state index contributed by atoms with van der Waals surface area (Å²) in [5, 5.41) is 7.32. The second kappa shape index (κ2) is 9.02. The molecule has 1 aliphatic rings. The van der Waals surface area contributed by atoms with Crippen molar-refractivity contribution in [2.75, 3.05) is 18.4 Å². The van der Waals surface area contributed by atoms with Gasteiger partial charge in [-0.15, -0.1) is 0 Å². The molecule has 162 valence electrons. The van der Waals surface area contributed by atoms with E-state index in [4.69, 9.17) is 4.52 Å². The summed E-state index contributed by atoms with van der Waals surface area (Å²) in [5.74, 6) is 1.24. The maximum absolute atomic E-state index is 13.0. The van der Waals surface area contributed by atoms with E-state index in [2.05, 4.69) is 39.4 Å². The van der Waals surface area contributed by atoms with Gasteiger partial charge in [0, 0.05) is 17.8 Å². The third-order valence-corrected chi connectivity index (χ3v) is 5.93. The van der Waals surface area contributed by atoms with Gasteiger partial charge in [-0.05, 0) is 70.3 Å². The zero-order valence-electron chi connectivity index (χ0n) is 18.7. The Morgan fingerprint density at radius 2 is 1.81 bits per heavy atom. The fourth-order valence-electron chi connectivity index (χ4n) is 4.35. The number of likely N-dealkylation sites (tertiary alicyclic amines) is 1. The van der Waals surface area contributed by atoms with Crippen molar-refractivity contribution in [3.8, 4) is 11.5 Å².